The number of benzene rings is 3. The number of para-hydroxylation sites is 2. The first-order valence-electron chi connectivity index (χ1n) is 11.8. The second kappa shape index (κ2) is 13.1. The molecular weight excluding hydrogens is 565 g/mol. The summed E-state index contributed by atoms with van der Waals surface area (Å²) in [4.78, 5) is 27.7. The minimum absolute atomic E-state index is 0.0614. The van der Waals surface area contributed by atoms with Crippen LogP contribution in [0.5, 0.6) is 11.5 Å². The number of sulfonamides is 1. The summed E-state index contributed by atoms with van der Waals surface area (Å²) in [5.74, 6) is -0.358. The fraction of sp³-hybridized carbons (Fsp3) is 0.259. The van der Waals surface area contributed by atoms with Crippen LogP contribution >= 0.6 is 23.2 Å². The van der Waals surface area contributed by atoms with Gasteiger partial charge in [-0.3, -0.25) is 13.9 Å². The van der Waals surface area contributed by atoms with Gasteiger partial charge >= 0.3 is 0 Å². The molecule has 0 radical (unpaired) electrons. The second-order valence-corrected chi connectivity index (χ2v) is 11.1. The molecule has 0 aliphatic carbocycles. The number of carbonyl (C=O) groups is 2. The average molecular weight is 595 g/mol. The Kier molecular flexibility index (Phi) is 10.1. The third-order valence-electron chi connectivity index (χ3n) is 6.05. The number of hydrogen-bond donors (Lipinski definition) is 1. The van der Waals surface area contributed by atoms with Gasteiger partial charge in [-0.2, -0.15) is 0 Å². The molecular formula is C27H29Cl2N3O6S. The predicted molar refractivity (Wildman–Crippen MR) is 151 cm³/mol. The van der Waals surface area contributed by atoms with E-state index in [1.165, 1.54) is 62.6 Å². The summed E-state index contributed by atoms with van der Waals surface area (Å²) in [5.41, 5.74) is 0.688. The van der Waals surface area contributed by atoms with Crippen LogP contribution in [-0.4, -0.2) is 59.0 Å². The fourth-order valence-electron chi connectivity index (χ4n) is 3.85. The molecule has 208 valence electrons. The molecule has 0 spiro atoms. The zero-order valence-electron chi connectivity index (χ0n) is 21.9. The van der Waals surface area contributed by atoms with Gasteiger partial charge in [0.25, 0.3) is 10.0 Å². The minimum Gasteiger partial charge on any atom is -0.497 e. The summed E-state index contributed by atoms with van der Waals surface area (Å²) >= 11 is 12.4. The number of nitrogens with zero attached hydrogens (tertiary/aromatic N) is 2. The molecule has 0 saturated carbocycles. The number of methoxy groups -OCH3 is 2. The van der Waals surface area contributed by atoms with E-state index in [9.17, 15) is 18.0 Å². The number of anilines is 1. The number of carbonyl (C=O) groups excluding carboxylic acids is 2. The van der Waals surface area contributed by atoms with Crippen molar-refractivity contribution in [1.82, 2.24) is 10.2 Å². The molecule has 1 N–H and O–H groups in total. The Labute approximate surface area is 238 Å². The lowest BCUT2D eigenvalue weighted by Gasteiger charge is -2.32. The Morgan fingerprint density at radius 1 is 0.974 bits per heavy atom. The standard InChI is InChI=1S/C27H29Cl2N3O6S/c1-18(27(34)30-2)31(16-19-9-10-20(28)15-23(19)29)26(33)17-32(24-7-5-6-8-25(24)38-4)39(35,36)22-13-11-21(37-3)12-14-22/h5-15,18H,16-17H2,1-4H3,(H,30,34)/t18-/m1/s1. The molecule has 9 nitrogen and oxygen atoms in total. The van der Waals surface area contributed by atoms with Crippen molar-refractivity contribution in [2.75, 3.05) is 32.1 Å². The predicted octanol–water partition coefficient (Wildman–Crippen LogP) is 4.37. The highest BCUT2D eigenvalue weighted by Gasteiger charge is 2.33. The number of nitrogens with one attached hydrogen (secondary N) is 1. The van der Waals surface area contributed by atoms with E-state index < -0.39 is 34.4 Å². The van der Waals surface area contributed by atoms with Crippen LogP contribution in [0.4, 0.5) is 5.69 Å². The van der Waals surface area contributed by atoms with E-state index in [0.717, 1.165) is 4.31 Å². The van der Waals surface area contributed by atoms with Crippen molar-refractivity contribution in [2.24, 2.45) is 0 Å². The van der Waals surface area contributed by atoms with Crippen molar-refractivity contribution in [3.63, 3.8) is 0 Å². The molecule has 3 aromatic rings. The van der Waals surface area contributed by atoms with Crippen LogP contribution in [0.3, 0.4) is 0 Å². The van der Waals surface area contributed by atoms with Crippen LogP contribution in [0.25, 0.3) is 0 Å². The molecule has 3 rings (SSSR count). The van der Waals surface area contributed by atoms with E-state index in [4.69, 9.17) is 32.7 Å². The monoisotopic (exact) mass is 593 g/mol. The summed E-state index contributed by atoms with van der Waals surface area (Å²) in [5, 5.41) is 3.24. The molecule has 1 atom stereocenters. The third kappa shape index (κ3) is 6.95. The molecule has 39 heavy (non-hydrogen) atoms. The molecule has 0 aromatic heterocycles. The van der Waals surface area contributed by atoms with E-state index in [2.05, 4.69) is 5.32 Å². The van der Waals surface area contributed by atoms with Gasteiger partial charge in [-0.15, -0.1) is 0 Å². The average Bonchev–Trinajstić information content (AvgIpc) is 2.94. The molecule has 12 heteroatoms. The van der Waals surface area contributed by atoms with Gasteiger partial charge in [-0.1, -0.05) is 41.4 Å². The molecule has 0 aliphatic rings. The molecule has 0 saturated heterocycles. The Hall–Kier alpha value is -3.47. The maximum absolute atomic E-state index is 13.9. The molecule has 0 aliphatic heterocycles. The van der Waals surface area contributed by atoms with Crippen molar-refractivity contribution in [2.45, 2.75) is 24.4 Å². The first-order chi connectivity index (χ1) is 18.5. The zero-order valence-corrected chi connectivity index (χ0v) is 24.2. The maximum Gasteiger partial charge on any atom is 0.264 e. The highest BCUT2D eigenvalue weighted by atomic mass is 35.5. The number of rotatable bonds is 11. The summed E-state index contributed by atoms with van der Waals surface area (Å²) in [6.45, 7) is 0.860. The Morgan fingerprint density at radius 3 is 2.23 bits per heavy atom. The van der Waals surface area contributed by atoms with Gasteiger partial charge in [0.05, 0.1) is 24.8 Å². The second-order valence-electron chi connectivity index (χ2n) is 8.41. The van der Waals surface area contributed by atoms with E-state index in [1.54, 1.807) is 37.3 Å². The van der Waals surface area contributed by atoms with Crippen LogP contribution in [0.2, 0.25) is 10.0 Å². The summed E-state index contributed by atoms with van der Waals surface area (Å²) in [7, 11) is 0.0530. The van der Waals surface area contributed by atoms with Crippen molar-refractivity contribution >= 4 is 50.7 Å². The summed E-state index contributed by atoms with van der Waals surface area (Å²) < 4.78 is 39.3. The van der Waals surface area contributed by atoms with Crippen LogP contribution in [0.1, 0.15) is 12.5 Å². The highest BCUT2D eigenvalue weighted by molar-refractivity contribution is 7.92. The lowest BCUT2D eigenvalue weighted by Crippen LogP contribution is -2.50. The number of likely N-dealkylation sites (N-methyl/N-ethyl adjacent to an activating group) is 1. The lowest BCUT2D eigenvalue weighted by atomic mass is 10.1. The Balaban J connectivity index is 2.09. The summed E-state index contributed by atoms with van der Waals surface area (Å²) in [6.07, 6.45) is 0. The Bertz CT molecular complexity index is 1430. The quantitative estimate of drug-likeness (QED) is 0.354. The van der Waals surface area contributed by atoms with Gasteiger partial charge in [0.15, 0.2) is 0 Å². The molecule has 3 aromatic carbocycles. The van der Waals surface area contributed by atoms with Crippen LogP contribution in [-0.2, 0) is 26.2 Å². The molecule has 2 amide bonds. The van der Waals surface area contributed by atoms with Gasteiger partial charge < -0.3 is 19.7 Å². The normalized spacial score (nSPS) is 11.8. The molecule has 0 heterocycles. The van der Waals surface area contributed by atoms with E-state index in [-0.39, 0.29) is 22.9 Å². The topological polar surface area (TPSA) is 105 Å². The number of amides is 2. The van der Waals surface area contributed by atoms with Crippen LogP contribution < -0.4 is 19.1 Å². The van der Waals surface area contributed by atoms with Crippen molar-refractivity contribution < 1.29 is 27.5 Å². The van der Waals surface area contributed by atoms with E-state index in [0.29, 0.717) is 21.4 Å². The van der Waals surface area contributed by atoms with Crippen LogP contribution in [0.15, 0.2) is 71.6 Å². The largest absolute Gasteiger partial charge is 0.497 e. The molecule has 0 fully saturated rings. The lowest BCUT2D eigenvalue weighted by molar-refractivity contribution is -0.139. The smallest absolute Gasteiger partial charge is 0.264 e. The molecule has 0 unspecified atom stereocenters. The van der Waals surface area contributed by atoms with E-state index in [1.807, 2.05) is 0 Å². The van der Waals surface area contributed by atoms with Crippen molar-refractivity contribution in [3.8, 4) is 11.5 Å². The molecule has 0 bridgehead atoms. The van der Waals surface area contributed by atoms with Gasteiger partial charge in [0.1, 0.15) is 24.1 Å². The maximum atomic E-state index is 13.9. The number of halogens is 2. The first-order valence-corrected chi connectivity index (χ1v) is 14.0. The highest BCUT2D eigenvalue weighted by Crippen LogP contribution is 2.33. The zero-order chi connectivity index (χ0) is 28.7. The van der Waals surface area contributed by atoms with Gasteiger partial charge in [0, 0.05) is 23.6 Å². The van der Waals surface area contributed by atoms with Gasteiger partial charge in [0.2, 0.25) is 11.8 Å². The van der Waals surface area contributed by atoms with Crippen LogP contribution in [0, 0.1) is 0 Å². The SMILES string of the molecule is CNC(=O)[C@@H](C)N(Cc1ccc(Cl)cc1Cl)C(=O)CN(c1ccccc1OC)S(=O)(=O)c1ccc(OC)cc1. The number of ether oxygens (including phenoxy) is 2. The van der Waals surface area contributed by atoms with Crippen molar-refractivity contribution in [1.29, 1.82) is 0 Å². The number of hydrogen-bond acceptors (Lipinski definition) is 6. The fourth-order valence-corrected chi connectivity index (χ4v) is 5.74. The first kappa shape index (κ1) is 30.1. The minimum atomic E-state index is -4.27. The van der Waals surface area contributed by atoms with E-state index >= 15 is 0 Å². The Morgan fingerprint density at radius 2 is 1.64 bits per heavy atom. The third-order valence-corrected chi connectivity index (χ3v) is 8.41. The van der Waals surface area contributed by atoms with Gasteiger partial charge in [-0.25, -0.2) is 8.42 Å². The summed E-state index contributed by atoms with van der Waals surface area (Å²) in [6, 6.07) is 16.1. The van der Waals surface area contributed by atoms with Crippen molar-refractivity contribution in [3.05, 3.63) is 82.3 Å². The van der Waals surface area contributed by atoms with Gasteiger partial charge in [-0.05, 0) is 61.0 Å².